The van der Waals surface area contributed by atoms with Crippen molar-refractivity contribution in [1.82, 2.24) is 5.32 Å². The van der Waals surface area contributed by atoms with E-state index in [0.29, 0.717) is 29.3 Å². The molecule has 0 aliphatic carbocycles. The smallest absolute Gasteiger partial charge is 0.382 e. The van der Waals surface area contributed by atoms with Gasteiger partial charge in [0.05, 0.1) is 12.3 Å². The van der Waals surface area contributed by atoms with Gasteiger partial charge < -0.3 is 15.5 Å². The van der Waals surface area contributed by atoms with E-state index in [4.69, 9.17) is 5.11 Å². The number of nitroso groups, excluding NO2 is 1. The summed E-state index contributed by atoms with van der Waals surface area (Å²) >= 11 is 1.30. The lowest BCUT2D eigenvalue weighted by Gasteiger charge is -2.23. The molecule has 0 saturated carbocycles. The Morgan fingerprint density at radius 2 is 2.05 bits per heavy atom. The van der Waals surface area contributed by atoms with Gasteiger partial charge in [0.15, 0.2) is 6.54 Å². The Bertz CT molecular complexity index is 429. The molecular formula is C14H25N2O5S+. The fourth-order valence-corrected chi connectivity index (χ4v) is 3.53. The molecule has 0 unspecified atom stereocenters. The number of carbonyl (C=O) groups is 2. The summed E-state index contributed by atoms with van der Waals surface area (Å²) < 4.78 is 0.666. The first-order valence-corrected chi connectivity index (χ1v) is 8.64. The molecule has 126 valence electrons. The predicted octanol–water partition coefficient (Wildman–Crippen LogP) is 1.20. The predicted molar refractivity (Wildman–Crippen MR) is 84.3 cm³/mol. The van der Waals surface area contributed by atoms with Gasteiger partial charge in [0.2, 0.25) is 0 Å². The summed E-state index contributed by atoms with van der Waals surface area (Å²) in [5.74, 6) is -0.950. The van der Waals surface area contributed by atoms with Crippen molar-refractivity contribution in [2.75, 3.05) is 24.6 Å². The monoisotopic (exact) mass is 333 g/mol. The van der Waals surface area contributed by atoms with Crippen LogP contribution >= 0.6 is 11.8 Å². The second-order valence-corrected chi connectivity index (χ2v) is 7.19. The van der Waals surface area contributed by atoms with E-state index in [1.807, 2.05) is 0 Å². The Kier molecular flexibility index (Phi) is 7.28. The van der Waals surface area contributed by atoms with Gasteiger partial charge in [-0.15, -0.1) is 11.8 Å². The van der Waals surface area contributed by atoms with E-state index in [0.717, 1.165) is 6.42 Å². The number of hydrogen-bond donors (Lipinski definition) is 3. The van der Waals surface area contributed by atoms with Crippen LogP contribution in [0.5, 0.6) is 0 Å². The minimum Gasteiger partial charge on any atom is -0.481 e. The number of hydrogen-bond acceptors (Lipinski definition) is 5. The average molecular weight is 333 g/mol. The third-order valence-corrected chi connectivity index (χ3v) is 4.90. The molecule has 8 heteroatoms. The van der Waals surface area contributed by atoms with Crippen molar-refractivity contribution in [1.29, 1.82) is 0 Å². The molecule has 1 aliphatic rings. The molecule has 0 aromatic rings. The van der Waals surface area contributed by atoms with Crippen molar-refractivity contribution in [3.63, 3.8) is 0 Å². The summed E-state index contributed by atoms with van der Waals surface area (Å²) in [6.45, 7) is 4.45. The molecule has 3 N–H and O–H groups in total. The number of carboxylic acid groups (broad SMARTS) is 2. The minimum atomic E-state index is -1.38. The molecule has 0 bridgehead atoms. The second kappa shape index (κ2) is 8.47. The standard InChI is InChI=1S/C14H24N2O5S/c1-10(2)6-11(7-22-8-12(17)18)15-9-14(13(19)20)4-3-5-16(14)21/h10-11,15H,3-9H2,1-2H3,(H-,17,18,19,20)/p+1/t11-,14-/m0/s1. The highest BCUT2D eigenvalue weighted by atomic mass is 32.2. The van der Waals surface area contributed by atoms with Crippen molar-refractivity contribution in [3.8, 4) is 0 Å². The summed E-state index contributed by atoms with van der Waals surface area (Å²) in [5, 5.41) is 21.3. The number of aliphatic carboxylic acids is 2. The van der Waals surface area contributed by atoms with E-state index in [1.54, 1.807) is 0 Å². The van der Waals surface area contributed by atoms with Gasteiger partial charge in [-0.1, -0.05) is 13.8 Å². The van der Waals surface area contributed by atoms with E-state index in [2.05, 4.69) is 19.2 Å². The van der Waals surface area contributed by atoms with Crippen LogP contribution in [0.1, 0.15) is 33.1 Å². The first-order chi connectivity index (χ1) is 10.3. The van der Waals surface area contributed by atoms with Crippen LogP contribution in [0.15, 0.2) is 0 Å². The first-order valence-electron chi connectivity index (χ1n) is 7.49. The molecule has 1 saturated heterocycles. The summed E-state index contributed by atoms with van der Waals surface area (Å²) in [6, 6.07) is -0.00502. The number of nitrogens with one attached hydrogen (secondary N) is 1. The molecule has 2 atom stereocenters. The Morgan fingerprint density at radius 3 is 2.50 bits per heavy atom. The van der Waals surface area contributed by atoms with Crippen LogP contribution in [0.4, 0.5) is 0 Å². The van der Waals surface area contributed by atoms with Gasteiger partial charge in [0.25, 0.3) is 0 Å². The summed E-state index contributed by atoms with van der Waals surface area (Å²) in [5.41, 5.74) is -1.38. The molecular weight excluding hydrogens is 308 g/mol. The van der Waals surface area contributed by atoms with Crippen molar-refractivity contribution < 1.29 is 24.6 Å². The zero-order valence-corrected chi connectivity index (χ0v) is 13.9. The zero-order chi connectivity index (χ0) is 16.8. The first kappa shape index (κ1) is 18.9. The van der Waals surface area contributed by atoms with Crippen LogP contribution in [0.25, 0.3) is 0 Å². The van der Waals surface area contributed by atoms with Gasteiger partial charge >= 0.3 is 17.5 Å². The largest absolute Gasteiger partial charge is 0.481 e. The van der Waals surface area contributed by atoms with Crippen LogP contribution in [0.2, 0.25) is 0 Å². The molecule has 1 aliphatic heterocycles. The Labute approximate surface area is 134 Å². The van der Waals surface area contributed by atoms with E-state index < -0.39 is 17.5 Å². The molecule has 0 spiro atoms. The number of carboxylic acids is 2. The van der Waals surface area contributed by atoms with Crippen LogP contribution < -0.4 is 5.32 Å². The molecule has 1 heterocycles. The summed E-state index contributed by atoms with van der Waals surface area (Å²) in [7, 11) is 0. The fourth-order valence-electron chi connectivity index (χ4n) is 2.70. The Morgan fingerprint density at radius 1 is 1.36 bits per heavy atom. The molecule has 1 fully saturated rings. The van der Waals surface area contributed by atoms with Gasteiger partial charge in [-0.3, -0.25) is 4.79 Å². The van der Waals surface area contributed by atoms with E-state index in [1.165, 1.54) is 11.8 Å². The lowest BCUT2D eigenvalue weighted by molar-refractivity contribution is -0.590. The third kappa shape index (κ3) is 5.24. The maximum atomic E-state index is 11.9. The van der Waals surface area contributed by atoms with E-state index in [-0.39, 0.29) is 24.9 Å². The summed E-state index contributed by atoms with van der Waals surface area (Å²) in [6.07, 6.45) is 1.73. The van der Waals surface area contributed by atoms with Crippen molar-refractivity contribution in [2.45, 2.75) is 44.7 Å². The second-order valence-electron chi connectivity index (χ2n) is 6.16. The molecule has 0 radical (unpaired) electrons. The molecule has 1 rings (SSSR count). The normalized spacial score (nSPS) is 23.0. The molecule has 0 amide bonds. The SMILES string of the molecule is CC(C)C[C@@H](CSCC(=O)O)NC[C@]1(C(=O)O)CCC[N+]1=O. The highest BCUT2D eigenvalue weighted by Crippen LogP contribution is 2.25. The lowest BCUT2D eigenvalue weighted by atomic mass is 9.96. The minimum absolute atomic E-state index is 0.00502. The lowest BCUT2D eigenvalue weighted by Crippen LogP contribution is -2.54. The molecule has 0 aromatic heterocycles. The third-order valence-electron chi connectivity index (χ3n) is 3.81. The number of nitrogens with zero attached hydrogens (tertiary/aromatic N) is 1. The molecule has 0 aromatic carbocycles. The van der Waals surface area contributed by atoms with Crippen LogP contribution in [-0.2, 0) is 9.59 Å². The number of thioether (sulfide) groups is 1. The quantitative estimate of drug-likeness (QED) is 0.516. The van der Waals surface area contributed by atoms with E-state index >= 15 is 0 Å². The van der Waals surface area contributed by atoms with Crippen LogP contribution in [0.3, 0.4) is 0 Å². The van der Waals surface area contributed by atoms with E-state index in [9.17, 15) is 19.6 Å². The fraction of sp³-hybridized carbons (Fsp3) is 0.857. The van der Waals surface area contributed by atoms with Gasteiger partial charge in [-0.05, 0) is 12.3 Å². The van der Waals surface area contributed by atoms with Gasteiger partial charge in [-0.2, -0.15) is 0 Å². The average Bonchev–Trinajstić information content (AvgIpc) is 2.77. The van der Waals surface area contributed by atoms with Crippen LogP contribution in [-0.4, -0.2) is 63.1 Å². The van der Waals surface area contributed by atoms with Gasteiger partial charge in [0, 0.05) is 34.3 Å². The summed E-state index contributed by atoms with van der Waals surface area (Å²) in [4.78, 5) is 34.0. The topological polar surface area (TPSA) is 107 Å². The maximum Gasteiger partial charge on any atom is 0.382 e. The van der Waals surface area contributed by atoms with Crippen LogP contribution in [0, 0.1) is 10.8 Å². The maximum absolute atomic E-state index is 11.9. The number of rotatable bonds is 10. The van der Waals surface area contributed by atoms with Crippen molar-refractivity contribution >= 4 is 23.7 Å². The molecule has 7 nitrogen and oxygen atoms in total. The zero-order valence-electron chi connectivity index (χ0n) is 13.1. The van der Waals surface area contributed by atoms with Gasteiger partial charge in [0.1, 0.15) is 0 Å². The Hall–Kier alpha value is -1.15. The molecule has 22 heavy (non-hydrogen) atoms. The van der Waals surface area contributed by atoms with Crippen molar-refractivity contribution in [3.05, 3.63) is 4.91 Å². The highest BCUT2D eigenvalue weighted by molar-refractivity contribution is 7.99. The highest BCUT2D eigenvalue weighted by Gasteiger charge is 2.56. The van der Waals surface area contributed by atoms with Crippen molar-refractivity contribution in [2.24, 2.45) is 5.92 Å². The Balaban J connectivity index is 2.62. The van der Waals surface area contributed by atoms with Gasteiger partial charge in [-0.25, -0.2) is 4.79 Å².